The van der Waals surface area contributed by atoms with Gasteiger partial charge in [0.25, 0.3) is 5.91 Å². The zero-order valence-corrected chi connectivity index (χ0v) is 13.2. The molecule has 0 saturated carbocycles. The molecule has 2 N–H and O–H groups in total. The van der Waals surface area contributed by atoms with Crippen LogP contribution in [0.5, 0.6) is 0 Å². The lowest BCUT2D eigenvalue weighted by molar-refractivity contribution is 0.0912. The smallest absolute Gasteiger partial charge is 0.268 e. The van der Waals surface area contributed by atoms with Gasteiger partial charge < -0.3 is 15.2 Å². The Balaban J connectivity index is 1.99. The average molecular weight is 328 g/mol. The number of amides is 1. The maximum absolute atomic E-state index is 12.3. The Bertz CT molecular complexity index is 438. The molecule has 2 heterocycles. The lowest BCUT2D eigenvalue weighted by Gasteiger charge is -2.29. The van der Waals surface area contributed by atoms with Gasteiger partial charge in [0.05, 0.1) is 0 Å². The summed E-state index contributed by atoms with van der Waals surface area (Å²) in [4.78, 5) is 12.3. The molecule has 1 amide bonds. The van der Waals surface area contributed by atoms with Crippen LogP contribution in [0.15, 0.2) is 16.7 Å². The van der Waals surface area contributed by atoms with Crippen molar-refractivity contribution in [3.05, 3.63) is 22.4 Å². The van der Waals surface area contributed by atoms with Crippen LogP contribution in [0.3, 0.4) is 0 Å². The number of aryl methyl sites for hydroxylation is 1. The van der Waals surface area contributed by atoms with E-state index in [1.807, 2.05) is 23.8 Å². The largest absolute Gasteiger partial charge is 0.348 e. The SMILES string of the molecule is CCn1cc(Br)cc1C(=O)NC(C)C1CCCNC1. The molecule has 2 atom stereocenters. The van der Waals surface area contributed by atoms with E-state index in [1.165, 1.54) is 12.8 Å². The second-order valence-electron chi connectivity index (χ2n) is 5.20. The summed E-state index contributed by atoms with van der Waals surface area (Å²) in [7, 11) is 0. The van der Waals surface area contributed by atoms with Crippen molar-refractivity contribution in [1.82, 2.24) is 15.2 Å². The van der Waals surface area contributed by atoms with Crippen molar-refractivity contribution in [2.75, 3.05) is 13.1 Å². The standard InChI is InChI=1S/C14H22BrN3O/c1-3-18-9-12(15)7-13(18)14(19)17-10(2)11-5-4-6-16-8-11/h7,9-11,16H,3-6,8H2,1-2H3,(H,17,19). The molecule has 19 heavy (non-hydrogen) atoms. The minimum atomic E-state index is 0.0191. The van der Waals surface area contributed by atoms with E-state index < -0.39 is 0 Å². The van der Waals surface area contributed by atoms with E-state index in [9.17, 15) is 4.79 Å². The Morgan fingerprint density at radius 1 is 1.68 bits per heavy atom. The van der Waals surface area contributed by atoms with Crippen molar-refractivity contribution in [1.29, 1.82) is 0 Å². The molecule has 0 radical (unpaired) electrons. The Labute approximate surface area is 123 Å². The molecular weight excluding hydrogens is 306 g/mol. The van der Waals surface area contributed by atoms with Crippen LogP contribution in [0.4, 0.5) is 0 Å². The van der Waals surface area contributed by atoms with Gasteiger partial charge in [0.1, 0.15) is 5.69 Å². The van der Waals surface area contributed by atoms with E-state index >= 15 is 0 Å². The predicted molar refractivity (Wildman–Crippen MR) is 80.3 cm³/mol. The predicted octanol–water partition coefficient (Wildman–Crippen LogP) is 2.39. The van der Waals surface area contributed by atoms with Gasteiger partial charge in [-0.1, -0.05) is 0 Å². The zero-order chi connectivity index (χ0) is 13.8. The van der Waals surface area contributed by atoms with Crippen molar-refractivity contribution in [2.45, 2.75) is 39.3 Å². The van der Waals surface area contributed by atoms with Crippen molar-refractivity contribution >= 4 is 21.8 Å². The first-order valence-electron chi connectivity index (χ1n) is 6.99. The topological polar surface area (TPSA) is 46.1 Å². The normalized spacial score (nSPS) is 21.1. The maximum Gasteiger partial charge on any atom is 0.268 e. The number of hydrogen-bond acceptors (Lipinski definition) is 2. The number of piperidine rings is 1. The molecule has 0 aliphatic carbocycles. The molecule has 2 rings (SSSR count). The van der Waals surface area contributed by atoms with Gasteiger partial charge in [0.2, 0.25) is 0 Å². The molecule has 0 bridgehead atoms. The van der Waals surface area contributed by atoms with E-state index in [0.29, 0.717) is 5.92 Å². The lowest BCUT2D eigenvalue weighted by atomic mass is 9.93. The van der Waals surface area contributed by atoms with Gasteiger partial charge >= 0.3 is 0 Å². The van der Waals surface area contributed by atoms with E-state index in [4.69, 9.17) is 0 Å². The number of hydrogen-bond donors (Lipinski definition) is 2. The van der Waals surface area contributed by atoms with Crippen LogP contribution in [0.25, 0.3) is 0 Å². The molecule has 2 unspecified atom stereocenters. The summed E-state index contributed by atoms with van der Waals surface area (Å²) in [5, 5.41) is 6.52. The third kappa shape index (κ3) is 3.60. The monoisotopic (exact) mass is 327 g/mol. The van der Waals surface area contributed by atoms with E-state index in [2.05, 4.69) is 33.5 Å². The molecule has 1 aliphatic rings. The second-order valence-corrected chi connectivity index (χ2v) is 6.11. The number of aromatic nitrogens is 1. The lowest BCUT2D eigenvalue weighted by Crippen LogP contribution is -2.44. The molecule has 106 valence electrons. The Kier molecular flexibility index (Phi) is 5.05. The highest BCUT2D eigenvalue weighted by atomic mass is 79.9. The highest BCUT2D eigenvalue weighted by Crippen LogP contribution is 2.17. The summed E-state index contributed by atoms with van der Waals surface area (Å²) in [5.41, 5.74) is 0.727. The van der Waals surface area contributed by atoms with Gasteiger partial charge in [-0.05, 0) is 67.7 Å². The third-order valence-corrected chi connectivity index (χ3v) is 4.27. The second kappa shape index (κ2) is 6.57. The summed E-state index contributed by atoms with van der Waals surface area (Å²) in [6, 6.07) is 2.09. The first-order valence-corrected chi connectivity index (χ1v) is 7.78. The molecular formula is C14H22BrN3O. The number of rotatable bonds is 4. The number of nitrogens with zero attached hydrogens (tertiary/aromatic N) is 1. The molecule has 4 nitrogen and oxygen atoms in total. The molecule has 1 aromatic rings. The van der Waals surface area contributed by atoms with Crippen LogP contribution in [-0.4, -0.2) is 29.6 Å². The quantitative estimate of drug-likeness (QED) is 0.891. The van der Waals surface area contributed by atoms with Crippen LogP contribution in [-0.2, 0) is 6.54 Å². The third-order valence-electron chi connectivity index (χ3n) is 3.84. The molecule has 1 aliphatic heterocycles. The van der Waals surface area contributed by atoms with E-state index in [0.717, 1.165) is 29.8 Å². The van der Waals surface area contributed by atoms with Crippen LogP contribution in [0.1, 0.15) is 37.2 Å². The summed E-state index contributed by atoms with van der Waals surface area (Å²) in [6.07, 6.45) is 4.33. The maximum atomic E-state index is 12.3. The molecule has 1 saturated heterocycles. The van der Waals surface area contributed by atoms with Gasteiger partial charge in [-0.3, -0.25) is 4.79 Å². The number of nitrogens with one attached hydrogen (secondary N) is 2. The van der Waals surface area contributed by atoms with Crippen molar-refractivity contribution in [3.63, 3.8) is 0 Å². The fraction of sp³-hybridized carbons (Fsp3) is 0.643. The van der Waals surface area contributed by atoms with Crippen LogP contribution >= 0.6 is 15.9 Å². The molecule has 1 fully saturated rings. The molecule has 0 aromatic carbocycles. The highest BCUT2D eigenvalue weighted by molar-refractivity contribution is 9.10. The van der Waals surface area contributed by atoms with Gasteiger partial charge in [-0.25, -0.2) is 0 Å². The number of carbonyl (C=O) groups is 1. The summed E-state index contributed by atoms with van der Waals surface area (Å²) >= 11 is 3.42. The summed E-state index contributed by atoms with van der Waals surface area (Å²) in [5.74, 6) is 0.553. The zero-order valence-electron chi connectivity index (χ0n) is 11.6. The Hall–Kier alpha value is -0.810. The van der Waals surface area contributed by atoms with Crippen molar-refractivity contribution in [2.24, 2.45) is 5.92 Å². The Morgan fingerprint density at radius 3 is 3.11 bits per heavy atom. The fourth-order valence-corrected chi connectivity index (χ4v) is 3.09. The fourth-order valence-electron chi connectivity index (χ4n) is 2.63. The Morgan fingerprint density at radius 2 is 2.47 bits per heavy atom. The van der Waals surface area contributed by atoms with Crippen molar-refractivity contribution < 1.29 is 4.79 Å². The van der Waals surface area contributed by atoms with E-state index in [-0.39, 0.29) is 11.9 Å². The van der Waals surface area contributed by atoms with Gasteiger partial charge in [-0.2, -0.15) is 0 Å². The van der Waals surface area contributed by atoms with Gasteiger partial charge in [0, 0.05) is 23.3 Å². The summed E-state index contributed by atoms with van der Waals surface area (Å²) in [6.45, 7) is 7.04. The van der Waals surface area contributed by atoms with E-state index in [1.54, 1.807) is 0 Å². The first kappa shape index (κ1) is 14.6. The van der Waals surface area contributed by atoms with Crippen LogP contribution < -0.4 is 10.6 Å². The highest BCUT2D eigenvalue weighted by Gasteiger charge is 2.22. The minimum Gasteiger partial charge on any atom is -0.348 e. The van der Waals surface area contributed by atoms with Crippen molar-refractivity contribution in [3.8, 4) is 0 Å². The molecule has 1 aromatic heterocycles. The van der Waals surface area contributed by atoms with Crippen LogP contribution in [0.2, 0.25) is 0 Å². The summed E-state index contributed by atoms with van der Waals surface area (Å²) < 4.78 is 2.91. The van der Waals surface area contributed by atoms with Gasteiger partial charge in [-0.15, -0.1) is 0 Å². The molecule has 0 spiro atoms. The molecule has 5 heteroatoms. The van der Waals surface area contributed by atoms with Gasteiger partial charge in [0.15, 0.2) is 0 Å². The van der Waals surface area contributed by atoms with Crippen LogP contribution in [0, 0.1) is 5.92 Å². The number of halogens is 1. The average Bonchev–Trinajstić information content (AvgIpc) is 2.81. The number of carbonyl (C=O) groups excluding carboxylic acids is 1. The first-order chi connectivity index (χ1) is 9.11. The minimum absolute atomic E-state index is 0.0191.